The van der Waals surface area contributed by atoms with E-state index in [9.17, 15) is 4.79 Å². The first-order chi connectivity index (χ1) is 14.2. The molecule has 4 aromatic rings. The van der Waals surface area contributed by atoms with Crippen LogP contribution in [0.4, 0.5) is 0 Å². The van der Waals surface area contributed by atoms with Crippen LogP contribution in [0.1, 0.15) is 29.3 Å². The molecule has 1 heterocycles. The second kappa shape index (κ2) is 8.15. The minimum Gasteiger partial charge on any atom is -0.459 e. The number of rotatable bonds is 6. The monoisotopic (exact) mass is 382 g/mol. The quantitative estimate of drug-likeness (QED) is 0.356. The lowest BCUT2D eigenvalue weighted by Gasteiger charge is -2.37. The number of ether oxygens (including phenoxy) is 1. The van der Waals surface area contributed by atoms with E-state index in [-0.39, 0.29) is 12.6 Å². The normalized spacial score (nSPS) is 11.2. The minimum absolute atomic E-state index is 0.150. The maximum Gasteiger partial charge on any atom is 0.303 e. The fourth-order valence-corrected chi connectivity index (χ4v) is 3.78. The van der Waals surface area contributed by atoms with E-state index in [1.54, 1.807) is 0 Å². The second-order valence-corrected chi connectivity index (χ2v) is 6.86. The summed E-state index contributed by atoms with van der Waals surface area (Å²) in [5.41, 5.74) is 3.45. The highest BCUT2D eigenvalue weighted by Crippen LogP contribution is 2.40. The first kappa shape index (κ1) is 18.7. The van der Waals surface area contributed by atoms with Gasteiger partial charge < -0.3 is 9.30 Å². The van der Waals surface area contributed by atoms with Crippen LogP contribution in [-0.4, -0.2) is 15.5 Å². The van der Waals surface area contributed by atoms with Crippen molar-refractivity contribution in [3.8, 4) is 0 Å². The summed E-state index contributed by atoms with van der Waals surface area (Å²) in [7, 11) is 0. The Morgan fingerprint density at radius 1 is 0.828 bits per heavy atom. The van der Waals surface area contributed by atoms with Gasteiger partial charge in [-0.2, -0.15) is 0 Å². The number of hydrogen-bond acceptors (Lipinski definition) is 3. The van der Waals surface area contributed by atoms with Gasteiger partial charge in [-0.05, 0) is 16.7 Å². The number of carbonyl (C=O) groups is 1. The summed E-state index contributed by atoms with van der Waals surface area (Å²) in [4.78, 5) is 15.7. The van der Waals surface area contributed by atoms with Gasteiger partial charge in [0, 0.05) is 13.1 Å². The Morgan fingerprint density at radius 2 is 1.28 bits per heavy atom. The molecule has 3 aromatic carbocycles. The van der Waals surface area contributed by atoms with Crippen LogP contribution < -0.4 is 0 Å². The van der Waals surface area contributed by atoms with Crippen molar-refractivity contribution in [3.05, 3.63) is 126 Å². The van der Waals surface area contributed by atoms with E-state index < -0.39 is 5.54 Å². The molecule has 144 valence electrons. The van der Waals surface area contributed by atoms with Crippen LogP contribution in [0.25, 0.3) is 0 Å². The minimum atomic E-state index is -0.606. The molecule has 0 atom stereocenters. The van der Waals surface area contributed by atoms with Gasteiger partial charge in [-0.3, -0.25) is 4.79 Å². The Morgan fingerprint density at radius 3 is 1.69 bits per heavy atom. The summed E-state index contributed by atoms with van der Waals surface area (Å²) in [5.74, 6) is -0.319. The van der Waals surface area contributed by atoms with Crippen LogP contribution in [0, 0.1) is 0 Å². The predicted octanol–water partition coefficient (Wildman–Crippen LogP) is 4.79. The number of aromatic nitrogens is 2. The lowest BCUT2D eigenvalue weighted by molar-refractivity contribution is -0.142. The van der Waals surface area contributed by atoms with E-state index in [1.807, 2.05) is 67.1 Å². The van der Waals surface area contributed by atoms with Gasteiger partial charge in [0.1, 0.15) is 12.1 Å². The molecule has 0 saturated carbocycles. The maximum atomic E-state index is 11.2. The van der Waals surface area contributed by atoms with Crippen molar-refractivity contribution in [1.29, 1.82) is 0 Å². The molecular formula is C25H22N2O2. The van der Waals surface area contributed by atoms with Gasteiger partial charge >= 0.3 is 5.97 Å². The number of benzene rings is 3. The van der Waals surface area contributed by atoms with Crippen molar-refractivity contribution in [3.63, 3.8) is 0 Å². The molecule has 4 heteroatoms. The standard InChI is InChI=1S/C25H22N2O2/c1-20(28)29-18-24-17-27(19-26-24)25(21-11-5-2-6-12-21,22-13-7-3-8-14-22)23-15-9-4-10-16-23/h2-17,19H,18H2,1H3. The highest BCUT2D eigenvalue weighted by molar-refractivity contribution is 5.65. The third-order valence-electron chi connectivity index (χ3n) is 5.02. The molecule has 0 unspecified atom stereocenters. The van der Waals surface area contributed by atoms with Crippen LogP contribution in [0.2, 0.25) is 0 Å². The lowest BCUT2D eigenvalue weighted by Crippen LogP contribution is -2.36. The Labute approximate surface area is 170 Å². The zero-order valence-corrected chi connectivity index (χ0v) is 16.2. The van der Waals surface area contributed by atoms with E-state index >= 15 is 0 Å². The van der Waals surface area contributed by atoms with Crippen molar-refractivity contribution in [1.82, 2.24) is 9.55 Å². The molecule has 0 fully saturated rings. The van der Waals surface area contributed by atoms with Crippen LogP contribution >= 0.6 is 0 Å². The topological polar surface area (TPSA) is 44.1 Å². The molecule has 4 nitrogen and oxygen atoms in total. The molecular weight excluding hydrogens is 360 g/mol. The summed E-state index contributed by atoms with van der Waals surface area (Å²) in [5, 5.41) is 0. The Hall–Kier alpha value is -3.66. The van der Waals surface area contributed by atoms with Crippen molar-refractivity contribution in [2.45, 2.75) is 19.1 Å². The highest BCUT2D eigenvalue weighted by atomic mass is 16.5. The van der Waals surface area contributed by atoms with Crippen molar-refractivity contribution >= 4 is 5.97 Å². The van der Waals surface area contributed by atoms with Crippen LogP contribution in [0.15, 0.2) is 104 Å². The summed E-state index contributed by atoms with van der Waals surface area (Å²) >= 11 is 0. The second-order valence-electron chi connectivity index (χ2n) is 6.86. The summed E-state index contributed by atoms with van der Waals surface area (Å²) in [6.45, 7) is 1.55. The van der Waals surface area contributed by atoms with E-state index in [4.69, 9.17) is 4.74 Å². The largest absolute Gasteiger partial charge is 0.459 e. The van der Waals surface area contributed by atoms with E-state index in [0.717, 1.165) is 16.7 Å². The number of nitrogens with zero attached hydrogens (tertiary/aromatic N) is 2. The number of imidazole rings is 1. The summed E-state index contributed by atoms with van der Waals surface area (Å²) in [6, 6.07) is 31.1. The van der Waals surface area contributed by atoms with Gasteiger partial charge in [0.2, 0.25) is 0 Å². The third-order valence-corrected chi connectivity index (χ3v) is 5.02. The predicted molar refractivity (Wildman–Crippen MR) is 112 cm³/mol. The Bertz CT molecular complexity index is 977. The van der Waals surface area contributed by atoms with Gasteiger partial charge in [-0.1, -0.05) is 91.0 Å². The Balaban J connectivity index is 1.97. The maximum absolute atomic E-state index is 11.2. The van der Waals surface area contributed by atoms with Crippen molar-refractivity contribution in [2.24, 2.45) is 0 Å². The number of hydrogen-bond donors (Lipinski definition) is 0. The van der Waals surface area contributed by atoms with Gasteiger partial charge in [0.25, 0.3) is 0 Å². The molecule has 0 amide bonds. The van der Waals surface area contributed by atoms with Crippen LogP contribution in [-0.2, 0) is 21.7 Å². The first-order valence-electron chi connectivity index (χ1n) is 9.54. The van der Waals surface area contributed by atoms with Gasteiger partial charge in [0.05, 0.1) is 12.0 Å². The SMILES string of the molecule is CC(=O)OCc1cn(C(c2ccccc2)(c2ccccc2)c2ccccc2)cn1. The van der Waals surface area contributed by atoms with Crippen LogP contribution in [0.3, 0.4) is 0 Å². The zero-order chi connectivity index (χ0) is 20.1. The summed E-state index contributed by atoms with van der Waals surface area (Å²) in [6.07, 6.45) is 3.77. The molecule has 0 saturated heterocycles. The first-order valence-corrected chi connectivity index (χ1v) is 9.54. The lowest BCUT2D eigenvalue weighted by atomic mass is 9.77. The van der Waals surface area contributed by atoms with E-state index in [0.29, 0.717) is 5.69 Å². The van der Waals surface area contributed by atoms with Gasteiger partial charge in [0.15, 0.2) is 0 Å². The third kappa shape index (κ3) is 3.57. The molecule has 1 aromatic heterocycles. The molecule has 29 heavy (non-hydrogen) atoms. The molecule has 0 spiro atoms. The van der Waals surface area contributed by atoms with Gasteiger partial charge in [-0.25, -0.2) is 4.98 Å². The smallest absolute Gasteiger partial charge is 0.303 e. The van der Waals surface area contributed by atoms with Crippen LogP contribution in [0.5, 0.6) is 0 Å². The Kier molecular flexibility index (Phi) is 5.25. The molecule has 0 N–H and O–H groups in total. The highest BCUT2D eigenvalue weighted by Gasteiger charge is 2.38. The van der Waals surface area contributed by atoms with Gasteiger partial charge in [-0.15, -0.1) is 0 Å². The van der Waals surface area contributed by atoms with Crippen molar-refractivity contribution < 1.29 is 9.53 Å². The van der Waals surface area contributed by atoms with E-state index in [1.165, 1.54) is 6.92 Å². The average molecular weight is 382 g/mol. The summed E-state index contributed by atoms with van der Waals surface area (Å²) < 4.78 is 7.26. The fourth-order valence-electron chi connectivity index (χ4n) is 3.78. The molecule has 0 radical (unpaired) electrons. The fraction of sp³-hybridized carbons (Fsp3) is 0.120. The molecule has 0 aliphatic carbocycles. The van der Waals surface area contributed by atoms with E-state index in [2.05, 4.69) is 45.9 Å². The molecule has 0 bridgehead atoms. The number of carbonyl (C=O) groups excluding carboxylic acids is 1. The average Bonchev–Trinajstić information content (AvgIpc) is 3.24. The molecule has 4 rings (SSSR count). The zero-order valence-electron chi connectivity index (χ0n) is 16.2. The molecule has 0 aliphatic rings. The molecule has 0 aliphatic heterocycles. The number of esters is 1. The van der Waals surface area contributed by atoms with Crippen molar-refractivity contribution in [2.75, 3.05) is 0 Å².